The molecule has 1 aromatic carbocycles. The van der Waals surface area contributed by atoms with Gasteiger partial charge in [0.25, 0.3) is 0 Å². The number of hydrogen-bond donors (Lipinski definition) is 3. The summed E-state index contributed by atoms with van der Waals surface area (Å²) in [6.45, 7) is 8.08. The van der Waals surface area contributed by atoms with Gasteiger partial charge in [-0.3, -0.25) is 0 Å². The van der Waals surface area contributed by atoms with Crippen LogP contribution in [-0.4, -0.2) is 35.0 Å². The van der Waals surface area contributed by atoms with Gasteiger partial charge in [-0.25, -0.2) is 4.79 Å². The maximum atomic E-state index is 12.4. The average molecular weight is 320 g/mol. The number of hydrogen-bond acceptors (Lipinski definition) is 3. The van der Waals surface area contributed by atoms with Gasteiger partial charge in [-0.05, 0) is 46.1 Å². The van der Waals surface area contributed by atoms with Gasteiger partial charge in [0.2, 0.25) is 0 Å². The normalized spacial score (nSPS) is 23.3. The summed E-state index contributed by atoms with van der Waals surface area (Å²) in [6, 6.07) is 9.19. The third-order valence-corrected chi connectivity index (χ3v) is 4.30. The summed E-state index contributed by atoms with van der Waals surface area (Å²) in [5.41, 5.74) is 0.338. The van der Waals surface area contributed by atoms with Crippen molar-refractivity contribution in [1.29, 1.82) is 0 Å². The molecule has 2 rings (SSSR count). The second kappa shape index (κ2) is 6.89. The Kier molecular flexibility index (Phi) is 5.32. The molecule has 1 unspecified atom stereocenters. The van der Waals surface area contributed by atoms with E-state index in [2.05, 4.69) is 10.6 Å². The lowest BCUT2D eigenvalue weighted by molar-refractivity contribution is -0.0691. The molecule has 1 heterocycles. The van der Waals surface area contributed by atoms with E-state index < -0.39 is 5.60 Å². The van der Waals surface area contributed by atoms with Crippen molar-refractivity contribution < 1.29 is 14.6 Å². The molecule has 2 amide bonds. The number of nitrogens with one attached hydrogen (secondary N) is 2. The molecule has 0 aliphatic carbocycles. The van der Waals surface area contributed by atoms with E-state index in [1.54, 1.807) is 0 Å². The summed E-state index contributed by atoms with van der Waals surface area (Å²) in [7, 11) is 0. The molecule has 2 atom stereocenters. The van der Waals surface area contributed by atoms with Crippen LogP contribution in [0.15, 0.2) is 30.3 Å². The third-order valence-electron chi connectivity index (χ3n) is 4.30. The van der Waals surface area contributed by atoms with Crippen LogP contribution in [0.4, 0.5) is 4.79 Å². The molecule has 1 aromatic rings. The Morgan fingerprint density at radius 1 is 1.30 bits per heavy atom. The number of aliphatic hydroxyl groups is 1. The van der Waals surface area contributed by atoms with Gasteiger partial charge in [-0.15, -0.1) is 0 Å². The molecule has 0 radical (unpaired) electrons. The van der Waals surface area contributed by atoms with Crippen molar-refractivity contribution in [2.24, 2.45) is 0 Å². The second-order valence-electron chi connectivity index (χ2n) is 7.32. The molecule has 128 valence electrons. The predicted octanol–water partition coefficient (Wildman–Crippen LogP) is 2.76. The van der Waals surface area contributed by atoms with Gasteiger partial charge >= 0.3 is 6.03 Å². The lowest BCUT2D eigenvalue weighted by Crippen LogP contribution is -2.50. The standard InChI is InChI=1S/C18H28N2O3/c1-17(2)12-15(18(3,4)23-17)20-16(22)19-14(10-11-21)13-8-6-5-7-9-13/h5-9,14-15,21H,10-12H2,1-4H3,(H2,19,20,22)/t14-,15?/m1/s1. The Bertz CT molecular complexity index is 528. The van der Waals surface area contributed by atoms with Crippen molar-refractivity contribution in [2.75, 3.05) is 6.61 Å². The van der Waals surface area contributed by atoms with Crippen LogP contribution in [0.1, 0.15) is 52.1 Å². The van der Waals surface area contributed by atoms with Gasteiger partial charge in [0.1, 0.15) is 0 Å². The minimum Gasteiger partial charge on any atom is -0.396 e. The summed E-state index contributed by atoms with van der Waals surface area (Å²) in [5.74, 6) is 0. The van der Waals surface area contributed by atoms with Crippen LogP contribution < -0.4 is 10.6 Å². The lowest BCUT2D eigenvalue weighted by Gasteiger charge is -2.28. The van der Waals surface area contributed by atoms with Gasteiger partial charge < -0.3 is 20.5 Å². The fourth-order valence-corrected chi connectivity index (χ4v) is 3.28. The van der Waals surface area contributed by atoms with Gasteiger partial charge in [0.15, 0.2) is 0 Å². The zero-order valence-corrected chi connectivity index (χ0v) is 14.4. The Hall–Kier alpha value is -1.59. The Labute approximate surface area is 138 Å². The number of aliphatic hydroxyl groups excluding tert-OH is 1. The van der Waals surface area contributed by atoms with Crippen LogP contribution in [0.25, 0.3) is 0 Å². The average Bonchev–Trinajstić information content (AvgIpc) is 2.66. The van der Waals surface area contributed by atoms with E-state index >= 15 is 0 Å². The van der Waals surface area contributed by atoms with Crippen LogP contribution in [0.3, 0.4) is 0 Å². The quantitative estimate of drug-likeness (QED) is 0.781. The molecule has 0 aromatic heterocycles. The van der Waals surface area contributed by atoms with E-state index in [-0.39, 0.29) is 30.3 Å². The highest BCUT2D eigenvalue weighted by Crippen LogP contribution is 2.37. The van der Waals surface area contributed by atoms with Crippen LogP contribution in [0, 0.1) is 0 Å². The number of amides is 2. The molecule has 1 aliphatic heterocycles. The van der Waals surface area contributed by atoms with E-state index in [4.69, 9.17) is 4.74 Å². The minimum atomic E-state index is -0.403. The Balaban J connectivity index is 2.00. The zero-order valence-electron chi connectivity index (χ0n) is 14.4. The minimum absolute atomic E-state index is 0.0188. The molecule has 0 bridgehead atoms. The lowest BCUT2D eigenvalue weighted by atomic mass is 9.94. The maximum Gasteiger partial charge on any atom is 0.315 e. The third kappa shape index (κ3) is 4.69. The fourth-order valence-electron chi connectivity index (χ4n) is 3.28. The van der Waals surface area contributed by atoms with E-state index in [1.165, 1.54) is 0 Å². The van der Waals surface area contributed by atoms with Gasteiger partial charge in [-0.2, -0.15) is 0 Å². The Morgan fingerprint density at radius 3 is 2.48 bits per heavy atom. The number of rotatable bonds is 5. The number of carbonyl (C=O) groups excluding carboxylic acids is 1. The highest BCUT2D eigenvalue weighted by Gasteiger charge is 2.46. The first-order valence-corrected chi connectivity index (χ1v) is 8.16. The second-order valence-corrected chi connectivity index (χ2v) is 7.32. The first kappa shape index (κ1) is 17.8. The zero-order chi connectivity index (χ0) is 17.1. The van der Waals surface area contributed by atoms with E-state index in [0.29, 0.717) is 6.42 Å². The SMILES string of the molecule is CC1(C)CC(NC(=O)N[C@H](CCO)c2ccccc2)C(C)(C)O1. The van der Waals surface area contributed by atoms with Crippen molar-refractivity contribution in [1.82, 2.24) is 10.6 Å². The van der Waals surface area contributed by atoms with Crippen molar-refractivity contribution in [3.63, 3.8) is 0 Å². The Morgan fingerprint density at radius 2 is 1.96 bits per heavy atom. The van der Waals surface area contributed by atoms with E-state index in [0.717, 1.165) is 12.0 Å². The summed E-state index contributed by atoms with van der Waals surface area (Å²) < 4.78 is 6.00. The molecule has 1 fully saturated rings. The maximum absolute atomic E-state index is 12.4. The summed E-state index contributed by atoms with van der Waals surface area (Å²) >= 11 is 0. The predicted molar refractivity (Wildman–Crippen MR) is 90.2 cm³/mol. The first-order chi connectivity index (χ1) is 10.7. The molecule has 0 saturated carbocycles. The number of benzene rings is 1. The molecule has 5 nitrogen and oxygen atoms in total. The first-order valence-electron chi connectivity index (χ1n) is 8.16. The van der Waals surface area contributed by atoms with Crippen LogP contribution >= 0.6 is 0 Å². The largest absolute Gasteiger partial charge is 0.396 e. The monoisotopic (exact) mass is 320 g/mol. The smallest absolute Gasteiger partial charge is 0.315 e. The van der Waals surface area contributed by atoms with Crippen molar-refractivity contribution in [3.05, 3.63) is 35.9 Å². The fraction of sp³-hybridized carbons (Fsp3) is 0.611. The van der Waals surface area contributed by atoms with E-state index in [9.17, 15) is 9.90 Å². The van der Waals surface area contributed by atoms with E-state index in [1.807, 2.05) is 58.0 Å². The summed E-state index contributed by atoms with van der Waals surface area (Å²) in [6.07, 6.45) is 1.25. The summed E-state index contributed by atoms with van der Waals surface area (Å²) in [4.78, 5) is 12.4. The number of urea groups is 1. The topological polar surface area (TPSA) is 70.6 Å². The van der Waals surface area contributed by atoms with Crippen molar-refractivity contribution >= 4 is 6.03 Å². The molecule has 23 heavy (non-hydrogen) atoms. The van der Waals surface area contributed by atoms with Gasteiger partial charge in [0.05, 0.1) is 23.3 Å². The number of ether oxygens (including phenoxy) is 1. The molecule has 5 heteroatoms. The molecule has 3 N–H and O–H groups in total. The molecular weight excluding hydrogens is 292 g/mol. The van der Waals surface area contributed by atoms with Crippen molar-refractivity contribution in [2.45, 2.75) is 63.8 Å². The van der Waals surface area contributed by atoms with Crippen molar-refractivity contribution in [3.8, 4) is 0 Å². The molecule has 1 aliphatic rings. The molecule has 1 saturated heterocycles. The van der Waals surface area contributed by atoms with Crippen LogP contribution in [0.2, 0.25) is 0 Å². The highest BCUT2D eigenvalue weighted by molar-refractivity contribution is 5.75. The highest BCUT2D eigenvalue weighted by atomic mass is 16.5. The van der Waals surface area contributed by atoms with Gasteiger partial charge in [0, 0.05) is 6.61 Å². The number of carbonyl (C=O) groups is 1. The van der Waals surface area contributed by atoms with Gasteiger partial charge in [-0.1, -0.05) is 30.3 Å². The summed E-state index contributed by atoms with van der Waals surface area (Å²) in [5, 5.41) is 15.2. The van der Waals surface area contributed by atoms with Crippen LogP contribution in [0.5, 0.6) is 0 Å². The molecule has 0 spiro atoms. The molecular formula is C18H28N2O3. The van der Waals surface area contributed by atoms with Crippen LogP contribution in [-0.2, 0) is 4.74 Å².